The lowest BCUT2D eigenvalue weighted by Gasteiger charge is -2.31. The molecule has 232 valence electrons. The van der Waals surface area contributed by atoms with Gasteiger partial charge < -0.3 is 15.2 Å². The van der Waals surface area contributed by atoms with Gasteiger partial charge in [-0.3, -0.25) is 23.7 Å². The number of aromatic nitrogens is 1. The van der Waals surface area contributed by atoms with Gasteiger partial charge in [-0.15, -0.1) is 0 Å². The van der Waals surface area contributed by atoms with Crippen molar-refractivity contribution < 1.29 is 41.8 Å². The number of thiazole rings is 1. The second-order valence-corrected chi connectivity index (χ2v) is 12.3. The maximum absolute atomic E-state index is 14.0. The topological polar surface area (TPSA) is 118 Å². The summed E-state index contributed by atoms with van der Waals surface area (Å²) in [7, 11) is 1.32. The van der Waals surface area contributed by atoms with Crippen LogP contribution in [0.5, 0.6) is 11.5 Å². The maximum atomic E-state index is 14.0. The number of hydrogen-bond donors (Lipinski definition) is 2. The van der Waals surface area contributed by atoms with Crippen molar-refractivity contribution in [3.63, 3.8) is 0 Å². The molecule has 3 atom stereocenters. The summed E-state index contributed by atoms with van der Waals surface area (Å²) in [6.07, 6.45) is -4.72. The highest BCUT2D eigenvalue weighted by Gasteiger charge is 2.57. The summed E-state index contributed by atoms with van der Waals surface area (Å²) in [5.41, 5.74) is -0.606. The fourth-order valence-electron chi connectivity index (χ4n) is 5.46. The molecule has 0 aliphatic carbocycles. The molecule has 3 amide bonds. The Morgan fingerprint density at radius 2 is 1.76 bits per heavy atom. The van der Waals surface area contributed by atoms with Crippen LogP contribution in [-0.2, 0) is 27.1 Å². The molecule has 45 heavy (non-hydrogen) atoms. The smallest absolute Gasteiger partial charge is 0.416 e. The van der Waals surface area contributed by atoms with Crippen LogP contribution in [0.2, 0.25) is 0 Å². The van der Waals surface area contributed by atoms with Crippen LogP contribution in [0.1, 0.15) is 21.9 Å². The molecule has 0 radical (unpaired) electrons. The van der Waals surface area contributed by atoms with Crippen LogP contribution in [0, 0.1) is 11.7 Å². The van der Waals surface area contributed by atoms with Gasteiger partial charge in [0.05, 0.1) is 29.3 Å². The quantitative estimate of drug-likeness (QED) is 0.216. The van der Waals surface area contributed by atoms with Crippen LogP contribution in [-0.4, -0.2) is 39.8 Å². The number of anilines is 2. The van der Waals surface area contributed by atoms with Crippen LogP contribution in [0.15, 0.2) is 76.6 Å². The number of carbonyl (C=O) groups excluding carboxylic acids is 3. The predicted octanol–water partition coefficient (Wildman–Crippen LogP) is 5.22. The van der Waals surface area contributed by atoms with Crippen LogP contribution in [0.3, 0.4) is 0 Å². The highest BCUT2D eigenvalue weighted by atomic mass is 32.2. The number of rotatable bonds is 6. The van der Waals surface area contributed by atoms with Crippen molar-refractivity contribution in [1.29, 1.82) is 0 Å². The molecular formula is C30H21F4N3O6S2. The number of hydrogen-bond acceptors (Lipinski definition) is 8. The van der Waals surface area contributed by atoms with Gasteiger partial charge >= 0.3 is 11.0 Å². The predicted molar refractivity (Wildman–Crippen MR) is 157 cm³/mol. The minimum Gasteiger partial charge on any atom is -0.504 e. The first-order chi connectivity index (χ1) is 21.4. The maximum Gasteiger partial charge on any atom is 0.416 e. The van der Waals surface area contributed by atoms with Gasteiger partial charge in [0.15, 0.2) is 11.5 Å². The fourth-order valence-corrected chi connectivity index (χ4v) is 8.23. The largest absolute Gasteiger partial charge is 0.504 e. The number of amides is 3. The Morgan fingerprint density at radius 3 is 2.44 bits per heavy atom. The molecule has 3 heterocycles. The fraction of sp³-hybridized carbons (Fsp3) is 0.200. The Morgan fingerprint density at radius 1 is 1.02 bits per heavy atom. The molecular weight excluding hydrogens is 638 g/mol. The standard InChI is InChI=1S/C30H21F4N3O6S2/c1-43-20-11-14(5-10-19(20)38)22-23-24(27(41)37(26(23)40)18-4-2-3-15(12-18)30(32,33)34)44-28-25(22)45-29(42)36(28)13-21(39)35-17-8-6-16(31)7-9-17/h2-12,22-24,38H,13H2,1H3,(H,35,39)/t22-,23?,24?/m0/s1. The third-order valence-corrected chi connectivity index (χ3v) is 10.1. The van der Waals surface area contributed by atoms with Gasteiger partial charge in [0.2, 0.25) is 17.7 Å². The van der Waals surface area contributed by atoms with Crippen molar-refractivity contribution in [3.8, 4) is 11.5 Å². The van der Waals surface area contributed by atoms with Crippen molar-refractivity contribution in [1.82, 2.24) is 4.57 Å². The molecule has 0 bridgehead atoms. The molecule has 2 unspecified atom stereocenters. The Balaban J connectivity index is 1.43. The third-order valence-electron chi connectivity index (χ3n) is 7.47. The van der Waals surface area contributed by atoms with Crippen molar-refractivity contribution in [2.45, 2.75) is 28.9 Å². The van der Waals surface area contributed by atoms with E-state index in [9.17, 15) is 41.8 Å². The van der Waals surface area contributed by atoms with Crippen molar-refractivity contribution in [2.24, 2.45) is 5.92 Å². The van der Waals surface area contributed by atoms with Gasteiger partial charge in [-0.25, -0.2) is 9.29 Å². The summed E-state index contributed by atoms with van der Waals surface area (Å²) in [5.74, 6) is -4.90. The molecule has 1 saturated heterocycles. The number of methoxy groups -OCH3 is 1. The van der Waals surface area contributed by atoms with Gasteiger partial charge in [0.1, 0.15) is 17.6 Å². The molecule has 9 nitrogen and oxygen atoms in total. The molecule has 2 aliphatic rings. The van der Waals surface area contributed by atoms with E-state index in [2.05, 4.69) is 5.32 Å². The van der Waals surface area contributed by atoms with Crippen LogP contribution < -0.4 is 19.8 Å². The number of halogens is 4. The van der Waals surface area contributed by atoms with Crippen LogP contribution in [0.4, 0.5) is 28.9 Å². The van der Waals surface area contributed by atoms with Crippen molar-refractivity contribution in [3.05, 3.63) is 98.2 Å². The molecule has 0 spiro atoms. The molecule has 6 rings (SSSR count). The minimum absolute atomic E-state index is 0.0563. The number of thioether (sulfide) groups is 1. The minimum atomic E-state index is -4.72. The molecule has 2 aliphatic heterocycles. The number of benzene rings is 3. The number of nitrogens with one attached hydrogen (secondary N) is 1. The zero-order valence-electron chi connectivity index (χ0n) is 23.0. The van der Waals surface area contributed by atoms with Crippen molar-refractivity contribution in [2.75, 3.05) is 17.3 Å². The number of fused-ring (bicyclic) bond motifs is 2. The average Bonchev–Trinajstić information content (AvgIpc) is 3.44. The highest BCUT2D eigenvalue weighted by molar-refractivity contribution is 8.00. The number of aromatic hydroxyl groups is 1. The first kappa shape index (κ1) is 30.4. The first-order valence-electron chi connectivity index (χ1n) is 13.2. The van der Waals surface area contributed by atoms with Gasteiger partial charge in [-0.2, -0.15) is 13.2 Å². The molecule has 2 N–H and O–H groups in total. The Hall–Kier alpha value is -4.63. The van der Waals surface area contributed by atoms with E-state index in [4.69, 9.17) is 4.74 Å². The summed E-state index contributed by atoms with van der Waals surface area (Å²) >= 11 is 1.65. The second kappa shape index (κ2) is 11.4. The van der Waals surface area contributed by atoms with E-state index in [1.807, 2.05) is 0 Å². The molecule has 3 aromatic carbocycles. The zero-order valence-corrected chi connectivity index (χ0v) is 24.6. The summed E-state index contributed by atoms with van der Waals surface area (Å²) < 4.78 is 60.2. The number of phenolic OH excluding ortho intramolecular Hbond substituents is 1. The molecule has 1 fully saturated rings. The number of imide groups is 1. The van der Waals surface area contributed by atoms with E-state index in [0.717, 1.165) is 62.9 Å². The lowest BCUT2D eigenvalue weighted by atomic mass is 9.83. The number of ether oxygens (including phenoxy) is 1. The SMILES string of the molecule is COc1cc([C@@H]2c3sc(=O)n(CC(=O)Nc4ccc(F)cc4)c3SC3C(=O)N(c4cccc(C(F)(F)F)c4)C(=O)C32)ccc1O. The van der Waals surface area contributed by atoms with Crippen molar-refractivity contribution >= 4 is 52.2 Å². The number of carbonyl (C=O) groups is 3. The third kappa shape index (κ3) is 5.46. The number of phenols is 1. The van der Waals surface area contributed by atoms with E-state index in [-0.39, 0.29) is 27.9 Å². The second-order valence-electron chi connectivity index (χ2n) is 10.2. The van der Waals surface area contributed by atoms with E-state index in [1.165, 1.54) is 43.5 Å². The summed E-state index contributed by atoms with van der Waals surface area (Å²) in [5, 5.41) is 11.9. The molecule has 15 heteroatoms. The Kier molecular flexibility index (Phi) is 7.69. The molecule has 4 aromatic rings. The monoisotopic (exact) mass is 659 g/mol. The van der Waals surface area contributed by atoms with Gasteiger partial charge in [-0.05, 0) is 60.2 Å². The Bertz CT molecular complexity index is 1910. The van der Waals surface area contributed by atoms with Gasteiger partial charge in [0, 0.05) is 16.5 Å². The van der Waals surface area contributed by atoms with Gasteiger partial charge in [0.25, 0.3) is 0 Å². The first-order valence-corrected chi connectivity index (χ1v) is 14.9. The van der Waals surface area contributed by atoms with Crippen LogP contribution >= 0.6 is 23.1 Å². The highest BCUT2D eigenvalue weighted by Crippen LogP contribution is 2.54. The summed E-state index contributed by atoms with van der Waals surface area (Å²) in [6.45, 7) is -0.475. The number of alkyl halides is 3. The van der Waals surface area contributed by atoms with E-state index >= 15 is 0 Å². The Labute approximate surface area is 260 Å². The van der Waals surface area contributed by atoms with E-state index < -0.39 is 63.8 Å². The average molecular weight is 660 g/mol. The molecule has 0 saturated carbocycles. The van der Waals surface area contributed by atoms with Crippen LogP contribution in [0.25, 0.3) is 0 Å². The normalized spacial score (nSPS) is 19.3. The lowest BCUT2D eigenvalue weighted by Crippen LogP contribution is -2.33. The lowest BCUT2D eigenvalue weighted by molar-refractivity contribution is -0.137. The number of nitrogens with zero attached hydrogens (tertiary/aromatic N) is 2. The van der Waals surface area contributed by atoms with E-state index in [1.54, 1.807) is 0 Å². The summed E-state index contributed by atoms with van der Waals surface area (Å²) in [4.78, 5) is 54.6. The zero-order chi connectivity index (χ0) is 32.2. The van der Waals surface area contributed by atoms with E-state index in [0.29, 0.717) is 10.4 Å². The molecule has 1 aromatic heterocycles. The summed E-state index contributed by atoms with van der Waals surface area (Å²) in [6, 6.07) is 13.2. The van der Waals surface area contributed by atoms with Gasteiger partial charge in [-0.1, -0.05) is 35.2 Å².